The molecule has 0 amide bonds. The number of carbonyl (C=O) groups excluding carboxylic acids is 2. The van der Waals surface area contributed by atoms with E-state index in [1.165, 1.54) is 6.08 Å². The van der Waals surface area contributed by atoms with Crippen molar-refractivity contribution >= 4 is 17.8 Å². The first-order valence-corrected chi connectivity index (χ1v) is 8.39. The lowest BCUT2D eigenvalue weighted by molar-refractivity contribution is 0.0734. The first-order valence-electron chi connectivity index (χ1n) is 8.39. The van der Waals surface area contributed by atoms with Crippen LogP contribution in [0.3, 0.4) is 0 Å². The highest BCUT2D eigenvalue weighted by Gasteiger charge is 2.08. The number of carbonyl (C=O) groups is 2. The van der Waals surface area contributed by atoms with Gasteiger partial charge in [0.1, 0.15) is 11.5 Å². The lowest BCUT2D eigenvalue weighted by Crippen LogP contribution is -2.08. The van der Waals surface area contributed by atoms with E-state index in [4.69, 9.17) is 9.47 Å². The molecule has 0 radical (unpaired) electrons. The summed E-state index contributed by atoms with van der Waals surface area (Å²) < 4.78 is 10.4. The third-order valence-corrected chi connectivity index (χ3v) is 3.90. The summed E-state index contributed by atoms with van der Waals surface area (Å²) in [5.41, 5.74) is 1.91. The van der Waals surface area contributed by atoms with Crippen LogP contribution in [0.4, 0.5) is 0 Å². The molecule has 3 aromatic carbocycles. The molecule has 0 saturated heterocycles. The van der Waals surface area contributed by atoms with Crippen LogP contribution in [-0.4, -0.2) is 18.9 Å². The highest BCUT2D eigenvalue weighted by atomic mass is 16.5. The van der Waals surface area contributed by atoms with Gasteiger partial charge in [0, 0.05) is 5.56 Å². The van der Waals surface area contributed by atoms with Crippen molar-refractivity contribution in [2.24, 2.45) is 0 Å². The van der Waals surface area contributed by atoms with Crippen molar-refractivity contribution < 1.29 is 19.1 Å². The van der Waals surface area contributed by atoms with E-state index >= 15 is 0 Å². The van der Waals surface area contributed by atoms with E-state index in [1.807, 2.05) is 18.2 Å². The average Bonchev–Trinajstić information content (AvgIpc) is 2.73. The Balaban J connectivity index is 1.62. The molecule has 134 valence electrons. The minimum Gasteiger partial charge on any atom is -0.497 e. The SMILES string of the molecule is COc1ccc(C(=O)Oc2ccc(C=CC(=O)c3ccccc3)cc2)cc1. The Hall–Kier alpha value is -3.66. The van der Waals surface area contributed by atoms with Gasteiger partial charge in [-0.1, -0.05) is 48.5 Å². The summed E-state index contributed by atoms with van der Waals surface area (Å²) in [6.07, 6.45) is 3.25. The molecule has 0 bridgehead atoms. The maximum absolute atomic E-state index is 12.1. The number of rotatable bonds is 6. The van der Waals surface area contributed by atoms with Gasteiger partial charge < -0.3 is 9.47 Å². The van der Waals surface area contributed by atoms with Crippen LogP contribution in [0.15, 0.2) is 84.9 Å². The molecule has 0 aromatic heterocycles. The van der Waals surface area contributed by atoms with Crippen LogP contribution in [0.2, 0.25) is 0 Å². The van der Waals surface area contributed by atoms with E-state index < -0.39 is 5.97 Å². The molecule has 4 heteroatoms. The Kier molecular flexibility index (Phi) is 5.80. The van der Waals surface area contributed by atoms with Gasteiger partial charge in [-0.2, -0.15) is 0 Å². The Morgan fingerprint density at radius 2 is 1.37 bits per heavy atom. The summed E-state index contributed by atoms with van der Waals surface area (Å²) in [7, 11) is 1.57. The Labute approximate surface area is 157 Å². The normalized spacial score (nSPS) is 10.6. The van der Waals surface area contributed by atoms with E-state index in [9.17, 15) is 9.59 Å². The number of hydrogen-bond acceptors (Lipinski definition) is 4. The van der Waals surface area contributed by atoms with Crippen molar-refractivity contribution in [1.29, 1.82) is 0 Å². The minimum atomic E-state index is -0.444. The topological polar surface area (TPSA) is 52.6 Å². The molecule has 0 saturated carbocycles. The van der Waals surface area contributed by atoms with Crippen molar-refractivity contribution in [2.45, 2.75) is 0 Å². The Morgan fingerprint density at radius 3 is 2.00 bits per heavy atom. The maximum Gasteiger partial charge on any atom is 0.343 e. The van der Waals surface area contributed by atoms with Crippen molar-refractivity contribution in [3.05, 3.63) is 102 Å². The van der Waals surface area contributed by atoms with Gasteiger partial charge in [-0.25, -0.2) is 4.79 Å². The zero-order chi connectivity index (χ0) is 19.1. The Bertz CT molecular complexity index is 940. The van der Waals surface area contributed by atoms with E-state index in [0.29, 0.717) is 22.6 Å². The zero-order valence-electron chi connectivity index (χ0n) is 14.8. The molecule has 0 atom stereocenters. The molecule has 27 heavy (non-hydrogen) atoms. The highest BCUT2D eigenvalue weighted by Crippen LogP contribution is 2.17. The fourth-order valence-corrected chi connectivity index (χ4v) is 2.41. The van der Waals surface area contributed by atoms with Gasteiger partial charge in [-0.15, -0.1) is 0 Å². The summed E-state index contributed by atoms with van der Waals surface area (Å²) in [5, 5.41) is 0. The van der Waals surface area contributed by atoms with Crippen LogP contribution in [0, 0.1) is 0 Å². The number of methoxy groups -OCH3 is 1. The lowest BCUT2D eigenvalue weighted by atomic mass is 10.1. The standard InChI is InChI=1S/C23H18O4/c1-26-20-14-10-19(11-15-20)23(25)27-21-12-7-17(8-13-21)9-16-22(24)18-5-3-2-4-6-18/h2-16H,1H3. The summed E-state index contributed by atoms with van der Waals surface area (Å²) in [5.74, 6) is 0.598. The smallest absolute Gasteiger partial charge is 0.343 e. The molecule has 0 aliphatic heterocycles. The third-order valence-electron chi connectivity index (χ3n) is 3.90. The van der Waals surface area contributed by atoms with Gasteiger partial charge in [-0.05, 0) is 48.0 Å². The van der Waals surface area contributed by atoms with Crippen LogP contribution in [0.5, 0.6) is 11.5 Å². The molecule has 3 rings (SSSR count). The molecular formula is C23H18O4. The molecular weight excluding hydrogens is 340 g/mol. The van der Waals surface area contributed by atoms with Crippen molar-refractivity contribution in [2.75, 3.05) is 7.11 Å². The van der Waals surface area contributed by atoms with Crippen LogP contribution < -0.4 is 9.47 Å². The zero-order valence-corrected chi connectivity index (χ0v) is 14.8. The van der Waals surface area contributed by atoms with Crippen molar-refractivity contribution in [1.82, 2.24) is 0 Å². The minimum absolute atomic E-state index is 0.0642. The predicted molar refractivity (Wildman–Crippen MR) is 104 cm³/mol. The molecule has 0 heterocycles. The Morgan fingerprint density at radius 1 is 0.741 bits per heavy atom. The molecule has 3 aromatic rings. The second-order valence-corrected chi connectivity index (χ2v) is 5.75. The molecule has 0 aliphatic carbocycles. The van der Waals surface area contributed by atoms with Crippen molar-refractivity contribution in [3.63, 3.8) is 0 Å². The fraction of sp³-hybridized carbons (Fsp3) is 0.0435. The van der Waals surface area contributed by atoms with Gasteiger partial charge in [-0.3, -0.25) is 4.79 Å². The van der Waals surface area contributed by atoms with Gasteiger partial charge in [0.25, 0.3) is 0 Å². The van der Waals surface area contributed by atoms with Crippen LogP contribution in [0.1, 0.15) is 26.3 Å². The number of allylic oxidation sites excluding steroid dienone is 1. The number of ketones is 1. The van der Waals surface area contributed by atoms with E-state index in [1.54, 1.807) is 73.8 Å². The summed E-state index contributed by atoms with van der Waals surface area (Å²) in [4.78, 5) is 24.2. The summed E-state index contributed by atoms with van der Waals surface area (Å²) >= 11 is 0. The first-order chi connectivity index (χ1) is 13.2. The molecule has 0 aliphatic rings. The highest BCUT2D eigenvalue weighted by molar-refractivity contribution is 6.06. The molecule has 0 fully saturated rings. The van der Waals surface area contributed by atoms with Gasteiger partial charge >= 0.3 is 5.97 Å². The summed E-state index contributed by atoms with van der Waals surface area (Å²) in [6.45, 7) is 0. The molecule has 0 spiro atoms. The second kappa shape index (κ2) is 8.63. The average molecular weight is 358 g/mol. The third kappa shape index (κ3) is 4.92. The number of esters is 1. The fourth-order valence-electron chi connectivity index (χ4n) is 2.41. The largest absolute Gasteiger partial charge is 0.497 e. The monoisotopic (exact) mass is 358 g/mol. The first kappa shape index (κ1) is 18.1. The van der Waals surface area contributed by atoms with Crippen LogP contribution in [0.25, 0.3) is 6.08 Å². The number of benzene rings is 3. The van der Waals surface area contributed by atoms with Crippen molar-refractivity contribution in [3.8, 4) is 11.5 Å². The second-order valence-electron chi connectivity index (χ2n) is 5.75. The molecule has 4 nitrogen and oxygen atoms in total. The maximum atomic E-state index is 12.1. The number of ether oxygens (including phenoxy) is 2. The molecule has 0 N–H and O–H groups in total. The van der Waals surface area contributed by atoms with E-state index in [-0.39, 0.29) is 5.78 Å². The lowest BCUT2D eigenvalue weighted by Gasteiger charge is -2.05. The quantitative estimate of drug-likeness (QED) is 0.275. The van der Waals surface area contributed by atoms with Gasteiger partial charge in [0.15, 0.2) is 5.78 Å². The van der Waals surface area contributed by atoms with Gasteiger partial charge in [0.05, 0.1) is 12.7 Å². The number of hydrogen-bond donors (Lipinski definition) is 0. The molecule has 0 unspecified atom stereocenters. The van der Waals surface area contributed by atoms with Crippen LogP contribution >= 0.6 is 0 Å². The summed E-state index contributed by atoms with van der Waals surface area (Å²) in [6, 6.07) is 22.7. The van der Waals surface area contributed by atoms with E-state index in [2.05, 4.69) is 0 Å². The van der Waals surface area contributed by atoms with E-state index in [0.717, 1.165) is 5.56 Å². The van der Waals surface area contributed by atoms with Crippen LogP contribution in [-0.2, 0) is 0 Å². The van der Waals surface area contributed by atoms with Gasteiger partial charge in [0.2, 0.25) is 0 Å². The predicted octanol–water partition coefficient (Wildman–Crippen LogP) is 4.81.